The van der Waals surface area contributed by atoms with Crippen LogP contribution in [0.3, 0.4) is 0 Å². The summed E-state index contributed by atoms with van der Waals surface area (Å²) in [6.07, 6.45) is 7.44. The van der Waals surface area contributed by atoms with Crippen LogP contribution in [0.4, 0.5) is 0 Å². The largest absolute Gasteiger partial charge is 0.392 e. The zero-order chi connectivity index (χ0) is 19.4. The molecule has 29 heavy (non-hydrogen) atoms. The highest BCUT2D eigenvalue weighted by Gasteiger charge is 2.43. The Balaban J connectivity index is 0.00000240. The molecule has 0 bridgehead atoms. The van der Waals surface area contributed by atoms with E-state index in [4.69, 9.17) is 4.52 Å². The van der Waals surface area contributed by atoms with Crippen LogP contribution in [0.1, 0.15) is 38.0 Å². The van der Waals surface area contributed by atoms with E-state index in [-0.39, 0.29) is 29.8 Å². The summed E-state index contributed by atoms with van der Waals surface area (Å²) in [5.41, 5.74) is 0.629. The van der Waals surface area contributed by atoms with Gasteiger partial charge in [0.05, 0.1) is 6.10 Å². The summed E-state index contributed by atoms with van der Waals surface area (Å²) >= 11 is 0. The van der Waals surface area contributed by atoms with Gasteiger partial charge in [-0.05, 0) is 44.4 Å². The summed E-state index contributed by atoms with van der Waals surface area (Å²) in [6.45, 7) is 3.06. The lowest BCUT2D eigenvalue weighted by atomic mass is 9.72. The molecule has 1 spiro atoms. The number of carbonyl (C=O) groups is 1. The van der Waals surface area contributed by atoms with Crippen molar-refractivity contribution in [3.63, 3.8) is 0 Å². The van der Waals surface area contributed by atoms with Gasteiger partial charge in [-0.2, -0.15) is 4.98 Å². The van der Waals surface area contributed by atoms with Crippen molar-refractivity contribution in [3.05, 3.63) is 30.4 Å². The molecule has 158 valence electrons. The van der Waals surface area contributed by atoms with Gasteiger partial charge >= 0.3 is 0 Å². The fourth-order valence-electron chi connectivity index (χ4n) is 4.31. The summed E-state index contributed by atoms with van der Waals surface area (Å²) in [4.78, 5) is 23.1. The zero-order valence-electron chi connectivity index (χ0n) is 16.4. The number of halogens is 1. The van der Waals surface area contributed by atoms with E-state index in [1.165, 1.54) is 0 Å². The Morgan fingerprint density at radius 3 is 3.14 bits per heavy atom. The Labute approximate surface area is 176 Å². The van der Waals surface area contributed by atoms with Crippen molar-refractivity contribution in [1.82, 2.24) is 25.3 Å². The molecule has 0 radical (unpaired) electrons. The molecule has 2 fully saturated rings. The van der Waals surface area contributed by atoms with Gasteiger partial charge in [0.1, 0.15) is 0 Å². The molecule has 2 aliphatic rings. The van der Waals surface area contributed by atoms with Crippen molar-refractivity contribution in [3.8, 4) is 11.4 Å². The van der Waals surface area contributed by atoms with E-state index in [2.05, 4.69) is 20.4 Å². The van der Waals surface area contributed by atoms with Gasteiger partial charge in [0.15, 0.2) is 0 Å². The molecule has 2 aromatic heterocycles. The molecule has 0 saturated carbocycles. The second-order valence-corrected chi connectivity index (χ2v) is 7.87. The molecule has 2 N–H and O–H groups in total. The summed E-state index contributed by atoms with van der Waals surface area (Å²) in [7, 11) is 0. The molecular weight excluding hydrogens is 394 g/mol. The van der Waals surface area contributed by atoms with Crippen molar-refractivity contribution in [1.29, 1.82) is 0 Å². The summed E-state index contributed by atoms with van der Waals surface area (Å²) in [5, 5.41) is 17.9. The first-order chi connectivity index (χ1) is 13.7. The lowest BCUT2D eigenvalue weighted by molar-refractivity contribution is -0.138. The van der Waals surface area contributed by atoms with Crippen molar-refractivity contribution < 1.29 is 14.4 Å². The molecule has 2 aromatic rings. The summed E-state index contributed by atoms with van der Waals surface area (Å²) in [5.74, 6) is 1.20. The van der Waals surface area contributed by atoms with Gasteiger partial charge in [0.2, 0.25) is 17.6 Å². The molecular formula is C20H28ClN5O3. The van der Waals surface area contributed by atoms with Gasteiger partial charge in [0.25, 0.3) is 0 Å². The Kier molecular flexibility index (Phi) is 7.21. The van der Waals surface area contributed by atoms with Crippen molar-refractivity contribution >= 4 is 18.3 Å². The maximum Gasteiger partial charge on any atom is 0.226 e. The van der Waals surface area contributed by atoms with E-state index in [0.29, 0.717) is 37.5 Å². The molecule has 4 rings (SSSR count). The molecule has 1 amide bonds. The highest BCUT2D eigenvalue weighted by Crippen LogP contribution is 2.36. The average Bonchev–Trinajstić information content (AvgIpc) is 3.20. The maximum absolute atomic E-state index is 12.7. The van der Waals surface area contributed by atoms with Gasteiger partial charge in [0, 0.05) is 55.8 Å². The van der Waals surface area contributed by atoms with E-state index in [9.17, 15) is 9.90 Å². The van der Waals surface area contributed by atoms with Crippen LogP contribution in [0, 0.1) is 5.41 Å². The molecule has 0 aliphatic carbocycles. The number of pyridine rings is 1. The fourth-order valence-corrected chi connectivity index (χ4v) is 4.31. The zero-order valence-corrected chi connectivity index (χ0v) is 17.2. The van der Waals surface area contributed by atoms with Crippen LogP contribution in [0.2, 0.25) is 0 Å². The van der Waals surface area contributed by atoms with Crippen LogP contribution in [-0.4, -0.2) is 63.3 Å². The Morgan fingerprint density at radius 1 is 1.45 bits per heavy atom. The minimum atomic E-state index is -0.325. The maximum atomic E-state index is 12.7. The normalized spacial score (nSPS) is 24.3. The van der Waals surface area contributed by atoms with Crippen LogP contribution >= 0.6 is 12.4 Å². The standard InChI is InChI=1S/C20H27N5O3.ClH/c26-16-7-10-22-13-20(16)8-3-11-25(14-20)18(27)6-1-5-17-23-19(24-28-17)15-4-2-9-21-12-15;/h2,4,9,12,16,22,26H,1,3,5-8,10-11,13-14H2;1H/t16-,20-;/m0./s1. The van der Waals surface area contributed by atoms with Crippen LogP contribution in [0.15, 0.2) is 29.0 Å². The highest BCUT2D eigenvalue weighted by atomic mass is 35.5. The van der Waals surface area contributed by atoms with Gasteiger partial charge in [-0.25, -0.2) is 0 Å². The lowest BCUT2D eigenvalue weighted by Crippen LogP contribution is -2.58. The number of piperidine rings is 2. The van der Waals surface area contributed by atoms with Crippen LogP contribution in [-0.2, 0) is 11.2 Å². The van der Waals surface area contributed by atoms with Gasteiger partial charge in [-0.15, -0.1) is 12.4 Å². The lowest BCUT2D eigenvalue weighted by Gasteiger charge is -2.48. The molecule has 0 aromatic carbocycles. The third-order valence-corrected chi connectivity index (χ3v) is 5.91. The molecule has 2 atom stereocenters. The Bertz CT molecular complexity index is 798. The van der Waals surface area contributed by atoms with Gasteiger partial charge in [-0.3, -0.25) is 9.78 Å². The number of rotatable bonds is 5. The summed E-state index contributed by atoms with van der Waals surface area (Å²) < 4.78 is 5.30. The van der Waals surface area contributed by atoms with Crippen LogP contribution < -0.4 is 5.32 Å². The van der Waals surface area contributed by atoms with E-state index in [1.807, 2.05) is 17.0 Å². The first-order valence-corrected chi connectivity index (χ1v) is 10.1. The SMILES string of the molecule is Cl.O=C(CCCc1nc(-c2cccnc2)no1)N1CCC[C@]2(CNCC[C@@H]2O)C1. The van der Waals surface area contributed by atoms with Crippen molar-refractivity contribution in [2.75, 3.05) is 26.2 Å². The number of likely N-dealkylation sites (tertiary alicyclic amines) is 1. The Hall–Kier alpha value is -2.03. The Morgan fingerprint density at radius 2 is 2.34 bits per heavy atom. The molecule has 9 heteroatoms. The highest BCUT2D eigenvalue weighted by molar-refractivity contribution is 5.85. The van der Waals surface area contributed by atoms with Gasteiger partial charge in [-0.1, -0.05) is 5.16 Å². The molecule has 2 aliphatic heterocycles. The van der Waals surface area contributed by atoms with E-state index < -0.39 is 0 Å². The van der Waals surface area contributed by atoms with E-state index >= 15 is 0 Å². The number of aromatic nitrogens is 3. The number of nitrogens with zero attached hydrogens (tertiary/aromatic N) is 4. The van der Waals surface area contributed by atoms with Gasteiger partial charge < -0.3 is 19.8 Å². The predicted molar refractivity (Wildman–Crippen MR) is 109 cm³/mol. The second kappa shape index (κ2) is 9.65. The number of hydrogen-bond acceptors (Lipinski definition) is 7. The molecule has 4 heterocycles. The number of aliphatic hydroxyl groups is 1. The third kappa shape index (κ3) is 4.94. The first kappa shape index (κ1) is 21.7. The smallest absolute Gasteiger partial charge is 0.226 e. The van der Waals surface area contributed by atoms with Crippen molar-refractivity contribution in [2.24, 2.45) is 5.41 Å². The second-order valence-electron chi connectivity index (χ2n) is 7.87. The third-order valence-electron chi connectivity index (χ3n) is 5.91. The van der Waals surface area contributed by atoms with Crippen LogP contribution in [0.5, 0.6) is 0 Å². The summed E-state index contributed by atoms with van der Waals surface area (Å²) in [6, 6.07) is 3.71. The van der Waals surface area contributed by atoms with Crippen LogP contribution in [0.25, 0.3) is 11.4 Å². The van der Waals surface area contributed by atoms with E-state index in [1.54, 1.807) is 12.4 Å². The molecule has 8 nitrogen and oxygen atoms in total. The topological polar surface area (TPSA) is 104 Å². The fraction of sp³-hybridized carbons (Fsp3) is 0.600. The predicted octanol–water partition coefficient (Wildman–Crippen LogP) is 1.84. The monoisotopic (exact) mass is 421 g/mol. The quantitative estimate of drug-likeness (QED) is 0.758. The first-order valence-electron chi connectivity index (χ1n) is 10.1. The van der Waals surface area contributed by atoms with Crippen molar-refractivity contribution in [2.45, 2.75) is 44.6 Å². The minimum absolute atomic E-state index is 0. The molecule has 2 saturated heterocycles. The number of aryl methyl sites for hydroxylation is 1. The average molecular weight is 422 g/mol. The minimum Gasteiger partial charge on any atom is -0.392 e. The molecule has 0 unspecified atom stereocenters. The number of hydrogen-bond donors (Lipinski definition) is 2. The number of aliphatic hydroxyl groups excluding tert-OH is 1. The van der Waals surface area contributed by atoms with E-state index in [0.717, 1.165) is 44.5 Å². The number of amides is 1. The number of carbonyl (C=O) groups excluding carboxylic acids is 1. The number of nitrogens with one attached hydrogen (secondary N) is 1.